The molecule has 31 heavy (non-hydrogen) atoms. The summed E-state index contributed by atoms with van der Waals surface area (Å²) in [5.41, 5.74) is 10.0. The van der Waals surface area contributed by atoms with E-state index in [0.29, 0.717) is 35.2 Å². The van der Waals surface area contributed by atoms with E-state index in [1.54, 1.807) is 29.3 Å². The Labute approximate surface area is 194 Å². The lowest BCUT2D eigenvalue weighted by Crippen LogP contribution is -2.33. The van der Waals surface area contributed by atoms with Gasteiger partial charge in [0.1, 0.15) is 0 Å². The molecule has 1 amide bonds. The van der Waals surface area contributed by atoms with Gasteiger partial charge in [0.2, 0.25) is 0 Å². The highest BCUT2D eigenvalue weighted by molar-refractivity contribution is 6.42. The molecule has 3 aromatic rings. The molecule has 2 N–H and O–H groups in total. The smallest absolute Gasteiger partial charge is 0.274 e. The fraction of sp³-hybridized carbons (Fsp3) is 0.280. The number of pyridine rings is 1. The number of aromatic nitrogens is 1. The highest BCUT2D eigenvalue weighted by atomic mass is 35.5. The Bertz CT molecular complexity index is 1060. The van der Waals surface area contributed by atoms with Crippen LogP contribution in [0.15, 0.2) is 60.8 Å². The average molecular weight is 456 g/mol. The predicted molar refractivity (Wildman–Crippen MR) is 129 cm³/mol. The maximum atomic E-state index is 13.3. The number of amides is 1. The first-order chi connectivity index (χ1) is 14.6. The molecular formula is C25H27Cl2N3O. The lowest BCUT2D eigenvalue weighted by Gasteiger charge is -2.24. The largest absolute Gasteiger partial charge is 0.397 e. The maximum Gasteiger partial charge on any atom is 0.274 e. The van der Waals surface area contributed by atoms with E-state index in [-0.39, 0.29) is 17.0 Å². The van der Waals surface area contributed by atoms with Crippen molar-refractivity contribution >= 4 is 34.8 Å². The molecule has 1 heterocycles. The van der Waals surface area contributed by atoms with E-state index in [4.69, 9.17) is 28.9 Å². The molecule has 162 valence electrons. The number of nitrogens with two attached hydrogens (primary N) is 1. The number of nitrogens with zero attached hydrogens (tertiary/aromatic N) is 2. The van der Waals surface area contributed by atoms with Crippen LogP contribution in [0.4, 0.5) is 5.69 Å². The number of hydrogen-bond acceptors (Lipinski definition) is 3. The highest BCUT2D eigenvalue weighted by Crippen LogP contribution is 2.24. The van der Waals surface area contributed by atoms with Crippen molar-refractivity contribution in [3.8, 4) is 0 Å². The third-order valence-corrected chi connectivity index (χ3v) is 5.92. The van der Waals surface area contributed by atoms with Gasteiger partial charge in [-0.25, -0.2) is 4.98 Å². The topological polar surface area (TPSA) is 59.2 Å². The average Bonchev–Trinajstić information content (AvgIpc) is 2.73. The van der Waals surface area contributed by atoms with Crippen LogP contribution in [0, 0.1) is 0 Å². The standard InChI is InChI=1S/C25H27Cl2N3O/c1-25(2,3)19-9-6-18(7-10-19)16-30(24(31)23-22(28)5-4-13-29-23)14-12-17-8-11-20(26)21(27)15-17/h4-11,13,15H,12,14,16,28H2,1-3H3. The Morgan fingerprint density at radius 1 is 1.00 bits per heavy atom. The zero-order valence-electron chi connectivity index (χ0n) is 18.0. The van der Waals surface area contributed by atoms with Crippen molar-refractivity contribution in [1.29, 1.82) is 0 Å². The normalized spacial score (nSPS) is 11.4. The van der Waals surface area contributed by atoms with Gasteiger partial charge < -0.3 is 10.6 Å². The van der Waals surface area contributed by atoms with Gasteiger partial charge in [-0.05, 0) is 52.8 Å². The maximum absolute atomic E-state index is 13.3. The number of halogens is 2. The number of carbonyl (C=O) groups is 1. The Hall–Kier alpha value is -2.56. The molecule has 6 heteroatoms. The van der Waals surface area contributed by atoms with Crippen molar-refractivity contribution in [2.75, 3.05) is 12.3 Å². The monoisotopic (exact) mass is 455 g/mol. The van der Waals surface area contributed by atoms with Gasteiger partial charge in [-0.15, -0.1) is 0 Å². The van der Waals surface area contributed by atoms with Crippen LogP contribution in [-0.2, 0) is 18.4 Å². The number of carbonyl (C=O) groups excluding carboxylic acids is 1. The molecule has 0 atom stereocenters. The molecular weight excluding hydrogens is 429 g/mol. The van der Waals surface area contributed by atoms with Crippen LogP contribution in [0.25, 0.3) is 0 Å². The summed E-state index contributed by atoms with van der Waals surface area (Å²) in [5, 5.41) is 1.02. The minimum Gasteiger partial charge on any atom is -0.397 e. The van der Waals surface area contributed by atoms with E-state index < -0.39 is 0 Å². The second kappa shape index (κ2) is 9.71. The summed E-state index contributed by atoms with van der Waals surface area (Å²) in [6.07, 6.45) is 2.22. The van der Waals surface area contributed by atoms with Gasteiger partial charge in [-0.2, -0.15) is 0 Å². The van der Waals surface area contributed by atoms with Crippen LogP contribution >= 0.6 is 23.2 Å². The molecule has 0 aliphatic rings. The van der Waals surface area contributed by atoms with Crippen LogP contribution in [0.2, 0.25) is 10.0 Å². The first-order valence-corrected chi connectivity index (χ1v) is 10.9. The van der Waals surface area contributed by atoms with Gasteiger partial charge in [0.15, 0.2) is 5.69 Å². The van der Waals surface area contributed by atoms with E-state index in [1.807, 2.05) is 12.1 Å². The first-order valence-electron chi connectivity index (χ1n) is 10.2. The quantitative estimate of drug-likeness (QED) is 0.484. The molecule has 3 rings (SSSR count). The van der Waals surface area contributed by atoms with Crippen LogP contribution in [0.1, 0.15) is 48.0 Å². The van der Waals surface area contributed by atoms with Crippen molar-refractivity contribution in [1.82, 2.24) is 9.88 Å². The molecule has 0 fully saturated rings. The van der Waals surface area contributed by atoms with Crippen molar-refractivity contribution in [3.05, 3.63) is 93.2 Å². The summed E-state index contributed by atoms with van der Waals surface area (Å²) < 4.78 is 0. The van der Waals surface area contributed by atoms with E-state index in [0.717, 1.165) is 11.1 Å². The van der Waals surface area contributed by atoms with Gasteiger partial charge >= 0.3 is 0 Å². The highest BCUT2D eigenvalue weighted by Gasteiger charge is 2.20. The Morgan fingerprint density at radius 3 is 2.29 bits per heavy atom. The van der Waals surface area contributed by atoms with Crippen molar-refractivity contribution in [2.24, 2.45) is 0 Å². The lowest BCUT2D eigenvalue weighted by atomic mass is 9.87. The van der Waals surface area contributed by atoms with Crippen LogP contribution < -0.4 is 5.73 Å². The zero-order chi connectivity index (χ0) is 22.6. The predicted octanol–water partition coefficient (Wildman–Crippen LogP) is 6.15. The van der Waals surface area contributed by atoms with Gasteiger partial charge in [0.25, 0.3) is 5.91 Å². The number of nitrogen functional groups attached to an aromatic ring is 1. The van der Waals surface area contributed by atoms with Crippen LogP contribution in [-0.4, -0.2) is 22.3 Å². The van der Waals surface area contributed by atoms with Gasteiger partial charge in [0, 0.05) is 19.3 Å². The molecule has 4 nitrogen and oxygen atoms in total. The summed E-state index contributed by atoms with van der Waals surface area (Å²) in [4.78, 5) is 19.3. The molecule has 0 aliphatic carbocycles. The van der Waals surface area contributed by atoms with Crippen LogP contribution in [0.3, 0.4) is 0 Å². The third kappa shape index (κ3) is 5.99. The molecule has 0 saturated heterocycles. The summed E-state index contributed by atoms with van der Waals surface area (Å²) in [5.74, 6) is -0.196. The summed E-state index contributed by atoms with van der Waals surface area (Å²) >= 11 is 12.2. The Kier molecular flexibility index (Phi) is 7.24. The van der Waals surface area contributed by atoms with E-state index in [2.05, 4.69) is 50.0 Å². The van der Waals surface area contributed by atoms with Crippen molar-refractivity contribution in [2.45, 2.75) is 39.2 Å². The second-order valence-corrected chi connectivity index (χ2v) is 9.43. The molecule has 0 saturated carbocycles. The SMILES string of the molecule is CC(C)(C)c1ccc(CN(CCc2ccc(Cl)c(Cl)c2)C(=O)c2ncccc2N)cc1. The molecule has 0 bridgehead atoms. The summed E-state index contributed by atoms with van der Waals surface area (Å²) in [7, 11) is 0. The molecule has 0 spiro atoms. The van der Waals surface area contributed by atoms with Crippen molar-refractivity contribution in [3.63, 3.8) is 0 Å². The molecule has 1 aromatic heterocycles. The second-order valence-electron chi connectivity index (χ2n) is 8.61. The summed E-state index contributed by atoms with van der Waals surface area (Å²) in [6.45, 7) is 7.49. The summed E-state index contributed by atoms with van der Waals surface area (Å²) in [6, 6.07) is 17.3. The Balaban J connectivity index is 1.83. The van der Waals surface area contributed by atoms with E-state index >= 15 is 0 Å². The fourth-order valence-corrected chi connectivity index (χ4v) is 3.61. The molecule has 0 radical (unpaired) electrons. The van der Waals surface area contributed by atoms with Crippen LogP contribution in [0.5, 0.6) is 0 Å². The zero-order valence-corrected chi connectivity index (χ0v) is 19.5. The number of anilines is 1. The number of benzene rings is 2. The lowest BCUT2D eigenvalue weighted by molar-refractivity contribution is 0.0740. The molecule has 0 unspecified atom stereocenters. The van der Waals surface area contributed by atoms with Gasteiger partial charge in [-0.3, -0.25) is 4.79 Å². The number of hydrogen-bond donors (Lipinski definition) is 1. The third-order valence-electron chi connectivity index (χ3n) is 5.18. The number of rotatable bonds is 6. The van der Waals surface area contributed by atoms with Crippen molar-refractivity contribution < 1.29 is 4.79 Å². The first kappa shape index (κ1) is 23.1. The van der Waals surface area contributed by atoms with E-state index in [1.165, 1.54) is 5.56 Å². The molecule has 2 aromatic carbocycles. The van der Waals surface area contributed by atoms with Gasteiger partial charge in [0.05, 0.1) is 15.7 Å². The van der Waals surface area contributed by atoms with Gasteiger partial charge in [-0.1, -0.05) is 74.3 Å². The fourth-order valence-electron chi connectivity index (χ4n) is 3.29. The minimum absolute atomic E-state index is 0.0737. The molecule has 0 aliphatic heterocycles. The van der Waals surface area contributed by atoms with E-state index in [9.17, 15) is 4.79 Å². The Morgan fingerprint density at radius 2 is 1.68 bits per heavy atom. The minimum atomic E-state index is -0.196.